The first-order valence-electron chi connectivity index (χ1n) is 14.9. The molecule has 1 N–H and O–H groups in total. The topological polar surface area (TPSA) is 57.8 Å². The Kier molecular flexibility index (Phi) is 7.33. The van der Waals surface area contributed by atoms with Crippen molar-refractivity contribution < 1.29 is 19.1 Å². The van der Waals surface area contributed by atoms with Gasteiger partial charge in [0.05, 0.1) is 21.9 Å². The SMILES string of the molecule is CC(C)c1ccc2c(c1)/C(=C/C1=C(O)C(=C\c3cc(C(C)(C)C)[o+]c4ccc(C(C)C)cc34)/C1=O)C=C(C(C)(C)C)O2. The second-order valence-electron chi connectivity index (χ2n) is 14.2. The van der Waals surface area contributed by atoms with Crippen molar-refractivity contribution in [1.82, 2.24) is 0 Å². The van der Waals surface area contributed by atoms with E-state index in [1.807, 2.05) is 36.4 Å². The van der Waals surface area contributed by atoms with Gasteiger partial charge in [0.15, 0.2) is 0 Å². The average Bonchev–Trinajstić information content (AvgIpc) is 2.92. The van der Waals surface area contributed by atoms with Gasteiger partial charge in [-0.1, -0.05) is 54.5 Å². The summed E-state index contributed by atoms with van der Waals surface area (Å²) in [6, 6.07) is 14.4. The van der Waals surface area contributed by atoms with E-state index in [-0.39, 0.29) is 22.4 Å². The van der Waals surface area contributed by atoms with E-state index in [0.717, 1.165) is 44.9 Å². The van der Waals surface area contributed by atoms with E-state index in [2.05, 4.69) is 93.5 Å². The Morgan fingerprint density at radius 2 is 1.48 bits per heavy atom. The molecule has 4 nitrogen and oxygen atoms in total. The van der Waals surface area contributed by atoms with Crippen molar-refractivity contribution in [1.29, 1.82) is 0 Å². The summed E-state index contributed by atoms with van der Waals surface area (Å²) in [6.07, 6.45) is 5.61. The summed E-state index contributed by atoms with van der Waals surface area (Å²) >= 11 is 0. The number of allylic oxidation sites excluding steroid dienone is 6. The fraction of sp³-hybridized carbons (Fsp3) is 0.368. The second kappa shape index (κ2) is 10.4. The molecule has 4 heteroatoms. The van der Waals surface area contributed by atoms with Crippen LogP contribution in [0.3, 0.4) is 0 Å². The van der Waals surface area contributed by atoms with Crippen molar-refractivity contribution in [3.8, 4) is 5.75 Å². The normalized spacial score (nSPS) is 17.7. The van der Waals surface area contributed by atoms with Gasteiger partial charge in [-0.25, -0.2) is 4.42 Å². The number of Topliss-reactive ketones (excluding diaryl/α,β-unsaturated/α-hetero) is 1. The molecule has 0 radical (unpaired) electrons. The Morgan fingerprint density at radius 3 is 2.07 bits per heavy atom. The highest BCUT2D eigenvalue weighted by Gasteiger charge is 2.35. The molecule has 0 unspecified atom stereocenters. The Labute approximate surface area is 250 Å². The van der Waals surface area contributed by atoms with Crippen LogP contribution < -0.4 is 4.74 Å². The number of aliphatic hydroxyl groups is 1. The number of carbonyl (C=O) groups excluding carboxylic acids is 1. The molecule has 2 aromatic carbocycles. The number of aliphatic hydroxyl groups excluding tert-OH is 1. The van der Waals surface area contributed by atoms with Gasteiger partial charge in [-0.05, 0) is 91.8 Å². The standard InChI is InChI=1S/C38H42O4/c1-21(2)23-11-13-31-27(15-23)25(19-33(41-31)37(5,6)7)17-29-35(39)30(36(29)40)18-26-20-34(38(8,9)10)42-32-14-12-24(22(3)4)16-28(26)32/h11-22H,1-10H3/p+1. The molecule has 3 aromatic rings. The van der Waals surface area contributed by atoms with Crippen molar-refractivity contribution >= 4 is 28.4 Å². The average molecular weight is 564 g/mol. The zero-order chi connectivity index (χ0) is 30.7. The lowest BCUT2D eigenvalue weighted by molar-refractivity contribution is -0.113. The summed E-state index contributed by atoms with van der Waals surface area (Å²) in [5.41, 5.74) is 5.95. The van der Waals surface area contributed by atoms with E-state index < -0.39 is 0 Å². The lowest BCUT2D eigenvalue weighted by Crippen LogP contribution is -2.22. The van der Waals surface area contributed by atoms with Crippen LogP contribution in [0.2, 0.25) is 0 Å². The molecule has 1 aromatic heterocycles. The quantitative estimate of drug-likeness (QED) is 0.253. The van der Waals surface area contributed by atoms with Gasteiger partial charge >= 0.3 is 11.3 Å². The van der Waals surface area contributed by atoms with Crippen LogP contribution in [0, 0.1) is 5.41 Å². The third-order valence-electron chi connectivity index (χ3n) is 8.05. The molecule has 0 saturated carbocycles. The zero-order valence-electron chi connectivity index (χ0n) is 26.6. The fourth-order valence-corrected chi connectivity index (χ4v) is 5.18. The monoisotopic (exact) mass is 563 g/mol. The number of fused-ring (bicyclic) bond motifs is 2. The molecular weight excluding hydrogens is 520 g/mol. The Hall–Kier alpha value is -3.92. The van der Waals surface area contributed by atoms with Gasteiger partial charge in [0.1, 0.15) is 17.3 Å². The number of hydrogen-bond acceptors (Lipinski definition) is 3. The minimum absolute atomic E-state index is 0.0116. The molecule has 1 aliphatic carbocycles. The third kappa shape index (κ3) is 5.47. The Balaban J connectivity index is 1.65. The molecule has 2 heterocycles. The van der Waals surface area contributed by atoms with Crippen molar-refractivity contribution in [2.45, 2.75) is 86.5 Å². The van der Waals surface area contributed by atoms with Crippen LogP contribution in [0.1, 0.15) is 109 Å². The molecular formula is C38H43O4+. The van der Waals surface area contributed by atoms with Crippen LogP contribution in [0.5, 0.6) is 5.75 Å². The van der Waals surface area contributed by atoms with Gasteiger partial charge in [-0.2, -0.15) is 0 Å². The summed E-state index contributed by atoms with van der Waals surface area (Å²) in [6.45, 7) is 21.2. The predicted molar refractivity (Wildman–Crippen MR) is 173 cm³/mol. The molecule has 0 spiro atoms. The maximum Gasteiger partial charge on any atom is 0.360 e. The van der Waals surface area contributed by atoms with E-state index in [1.54, 1.807) is 0 Å². The minimum Gasteiger partial charge on any atom is -0.506 e. The summed E-state index contributed by atoms with van der Waals surface area (Å²) in [7, 11) is 0. The highest BCUT2D eigenvalue weighted by Crippen LogP contribution is 2.43. The van der Waals surface area contributed by atoms with Crippen molar-refractivity contribution in [3.05, 3.63) is 105 Å². The first kappa shape index (κ1) is 29.6. The van der Waals surface area contributed by atoms with E-state index >= 15 is 0 Å². The fourth-order valence-electron chi connectivity index (χ4n) is 5.18. The zero-order valence-corrected chi connectivity index (χ0v) is 26.6. The Morgan fingerprint density at radius 1 is 0.833 bits per heavy atom. The summed E-state index contributed by atoms with van der Waals surface area (Å²) in [4.78, 5) is 13.6. The number of hydrogen-bond donors (Lipinski definition) is 1. The molecule has 0 amide bonds. The van der Waals surface area contributed by atoms with Crippen LogP contribution in [0.25, 0.3) is 22.6 Å². The Bertz CT molecular complexity index is 1730. The molecule has 5 rings (SSSR count). The van der Waals surface area contributed by atoms with Gasteiger partial charge in [0.2, 0.25) is 5.78 Å². The van der Waals surface area contributed by atoms with Crippen molar-refractivity contribution in [2.24, 2.45) is 5.41 Å². The van der Waals surface area contributed by atoms with Crippen LogP contribution in [0.4, 0.5) is 0 Å². The predicted octanol–water partition coefficient (Wildman–Crippen LogP) is 10.4. The van der Waals surface area contributed by atoms with Crippen LogP contribution >= 0.6 is 0 Å². The van der Waals surface area contributed by atoms with Crippen LogP contribution in [0.15, 0.2) is 81.7 Å². The molecule has 42 heavy (non-hydrogen) atoms. The molecule has 218 valence electrons. The molecule has 0 saturated heterocycles. The molecule has 0 atom stereocenters. The molecule has 0 fully saturated rings. The molecule has 0 bridgehead atoms. The number of ketones is 1. The summed E-state index contributed by atoms with van der Waals surface area (Å²) in [5.74, 6) is 2.92. The van der Waals surface area contributed by atoms with Gasteiger partial charge in [-0.15, -0.1) is 0 Å². The summed E-state index contributed by atoms with van der Waals surface area (Å²) in [5, 5.41) is 12.2. The highest BCUT2D eigenvalue weighted by atomic mass is 16.5. The van der Waals surface area contributed by atoms with Gasteiger partial charge in [-0.3, -0.25) is 4.79 Å². The van der Waals surface area contributed by atoms with Gasteiger partial charge in [0, 0.05) is 28.7 Å². The van der Waals surface area contributed by atoms with E-state index in [0.29, 0.717) is 23.0 Å². The van der Waals surface area contributed by atoms with Crippen molar-refractivity contribution in [3.63, 3.8) is 0 Å². The number of rotatable bonds is 4. The van der Waals surface area contributed by atoms with E-state index in [1.165, 1.54) is 11.1 Å². The number of ether oxygens (including phenoxy) is 1. The maximum atomic E-state index is 13.6. The van der Waals surface area contributed by atoms with Gasteiger partial charge < -0.3 is 9.84 Å². The van der Waals surface area contributed by atoms with Crippen molar-refractivity contribution in [2.75, 3.05) is 0 Å². The first-order valence-corrected chi connectivity index (χ1v) is 14.9. The smallest absolute Gasteiger partial charge is 0.360 e. The lowest BCUT2D eigenvalue weighted by Gasteiger charge is -2.29. The largest absolute Gasteiger partial charge is 0.506 e. The van der Waals surface area contributed by atoms with E-state index in [9.17, 15) is 9.90 Å². The minimum atomic E-state index is -0.225. The highest BCUT2D eigenvalue weighted by molar-refractivity contribution is 6.24. The number of benzene rings is 2. The number of carbonyl (C=O) groups is 1. The lowest BCUT2D eigenvalue weighted by atomic mass is 9.82. The van der Waals surface area contributed by atoms with Crippen LogP contribution in [-0.4, -0.2) is 10.9 Å². The second-order valence-corrected chi connectivity index (χ2v) is 14.2. The maximum absolute atomic E-state index is 13.6. The van der Waals surface area contributed by atoms with Gasteiger partial charge in [0.25, 0.3) is 0 Å². The molecule has 2 aliphatic rings. The third-order valence-corrected chi connectivity index (χ3v) is 8.05. The van der Waals surface area contributed by atoms with Crippen LogP contribution in [-0.2, 0) is 10.2 Å². The first-order chi connectivity index (χ1) is 19.5. The summed E-state index contributed by atoms with van der Waals surface area (Å²) < 4.78 is 12.6. The molecule has 1 aliphatic heterocycles. The van der Waals surface area contributed by atoms with E-state index in [4.69, 9.17) is 9.15 Å².